The van der Waals surface area contributed by atoms with Crippen LogP contribution in [0.4, 0.5) is 4.39 Å². The van der Waals surface area contributed by atoms with Crippen LogP contribution in [0.15, 0.2) is 18.2 Å². The van der Waals surface area contributed by atoms with Gasteiger partial charge >= 0.3 is 0 Å². The average molecular weight is 381 g/mol. The summed E-state index contributed by atoms with van der Waals surface area (Å²) in [4.78, 5) is 28.9. The highest BCUT2D eigenvalue weighted by Crippen LogP contribution is 2.27. The number of H-pyrrole nitrogens is 1. The van der Waals surface area contributed by atoms with Crippen LogP contribution in [-0.2, 0) is 4.79 Å². The fourth-order valence-corrected chi connectivity index (χ4v) is 3.67. The third kappa shape index (κ3) is 3.54. The molecule has 1 aliphatic rings. The highest BCUT2D eigenvalue weighted by Gasteiger charge is 2.34. The number of aromatic nitrogens is 1. The van der Waals surface area contributed by atoms with E-state index in [1.54, 1.807) is 31.1 Å². The molecule has 6 nitrogen and oxygen atoms in total. The summed E-state index contributed by atoms with van der Waals surface area (Å²) in [7, 11) is 3.43. The quantitative estimate of drug-likeness (QED) is 0.762. The molecule has 3 atom stereocenters. The normalized spacial score (nSPS) is 23.0. The number of amides is 2. The van der Waals surface area contributed by atoms with Crippen molar-refractivity contribution in [2.45, 2.75) is 31.3 Å². The summed E-state index contributed by atoms with van der Waals surface area (Å²) in [6.07, 6.45) is 1.71. The number of carbonyl (C=O) groups is 2. The zero-order chi connectivity index (χ0) is 19.0. The first-order chi connectivity index (χ1) is 12.3. The Labute approximate surface area is 155 Å². The van der Waals surface area contributed by atoms with Crippen LogP contribution in [0.5, 0.6) is 0 Å². The Bertz CT molecular complexity index is 851. The maximum absolute atomic E-state index is 14.5. The lowest BCUT2D eigenvalue weighted by atomic mass is 9.82. The van der Waals surface area contributed by atoms with Crippen molar-refractivity contribution >= 4 is 34.3 Å². The molecule has 0 bridgehead atoms. The Morgan fingerprint density at radius 3 is 2.73 bits per heavy atom. The average Bonchev–Trinajstić information content (AvgIpc) is 2.92. The fraction of sp³-hybridized carbons (Fsp3) is 0.444. The molecule has 2 aromatic rings. The first-order valence-corrected chi connectivity index (χ1v) is 8.90. The number of nitrogens with zero attached hydrogens (tertiary/aromatic N) is 1. The van der Waals surface area contributed by atoms with E-state index >= 15 is 0 Å². The Morgan fingerprint density at radius 2 is 2.08 bits per heavy atom. The summed E-state index contributed by atoms with van der Waals surface area (Å²) in [6, 6.07) is 4.07. The molecule has 0 aliphatic heterocycles. The van der Waals surface area contributed by atoms with Crippen molar-refractivity contribution < 1.29 is 14.0 Å². The minimum Gasteiger partial charge on any atom is -0.349 e. The summed E-state index contributed by atoms with van der Waals surface area (Å²) < 4.78 is 14.5. The molecule has 1 aromatic heterocycles. The fourth-order valence-electron chi connectivity index (χ4n) is 3.50. The predicted octanol–water partition coefficient (Wildman–Crippen LogP) is 2.27. The highest BCUT2D eigenvalue weighted by atomic mass is 35.5. The van der Waals surface area contributed by atoms with E-state index in [9.17, 15) is 14.0 Å². The van der Waals surface area contributed by atoms with Crippen molar-refractivity contribution in [2.24, 2.45) is 11.7 Å². The SMILES string of the molecule is CN(C)C(=O)[C@H]1CC[C@H](NC(=O)c2[nH]c3ccc(Cl)cc3c2F)[C@H](N)C1. The molecule has 1 saturated carbocycles. The van der Waals surface area contributed by atoms with Gasteiger partial charge in [-0.05, 0) is 37.5 Å². The third-order valence-electron chi connectivity index (χ3n) is 4.93. The first-order valence-electron chi connectivity index (χ1n) is 8.52. The van der Waals surface area contributed by atoms with Crippen LogP contribution in [0.1, 0.15) is 29.8 Å². The van der Waals surface area contributed by atoms with Gasteiger partial charge in [0.05, 0.1) is 0 Å². The number of carbonyl (C=O) groups excluding carboxylic acids is 2. The minimum absolute atomic E-state index is 0.0452. The zero-order valence-corrected chi connectivity index (χ0v) is 15.4. The van der Waals surface area contributed by atoms with Gasteiger partial charge in [-0.15, -0.1) is 0 Å². The van der Waals surface area contributed by atoms with E-state index in [4.69, 9.17) is 17.3 Å². The van der Waals surface area contributed by atoms with Gasteiger partial charge in [0.15, 0.2) is 5.82 Å². The second-order valence-corrected chi connectivity index (χ2v) is 7.43. The van der Waals surface area contributed by atoms with E-state index in [2.05, 4.69) is 10.3 Å². The molecule has 2 amide bonds. The summed E-state index contributed by atoms with van der Waals surface area (Å²) in [5.41, 5.74) is 6.52. The van der Waals surface area contributed by atoms with Gasteiger partial charge in [-0.2, -0.15) is 0 Å². The standard InChI is InChI=1S/C18H22ClFN4O2/c1-24(2)18(26)9-3-5-14(12(21)7-9)23-17(25)16-15(20)11-8-10(19)4-6-13(11)22-16/h4,6,8-9,12,14,22H,3,5,7,21H2,1-2H3,(H,23,25)/t9-,12+,14-/m0/s1. The van der Waals surface area contributed by atoms with Crippen molar-refractivity contribution in [3.05, 3.63) is 34.7 Å². The number of fused-ring (bicyclic) bond motifs is 1. The molecule has 1 aromatic carbocycles. The first kappa shape index (κ1) is 18.7. The Kier molecular flexibility index (Phi) is 5.20. The molecule has 4 N–H and O–H groups in total. The van der Waals surface area contributed by atoms with Crippen LogP contribution < -0.4 is 11.1 Å². The monoisotopic (exact) mass is 380 g/mol. The highest BCUT2D eigenvalue weighted by molar-refractivity contribution is 6.31. The number of nitrogens with one attached hydrogen (secondary N) is 2. The molecule has 8 heteroatoms. The van der Waals surface area contributed by atoms with Gasteiger partial charge in [0.2, 0.25) is 5.91 Å². The van der Waals surface area contributed by atoms with Crippen LogP contribution in [0.25, 0.3) is 10.9 Å². The van der Waals surface area contributed by atoms with E-state index in [-0.39, 0.29) is 35.0 Å². The molecule has 1 fully saturated rings. The Hall–Kier alpha value is -2.12. The van der Waals surface area contributed by atoms with Crippen molar-refractivity contribution in [1.29, 1.82) is 0 Å². The zero-order valence-electron chi connectivity index (χ0n) is 14.7. The largest absolute Gasteiger partial charge is 0.349 e. The second-order valence-electron chi connectivity index (χ2n) is 6.99. The van der Waals surface area contributed by atoms with E-state index < -0.39 is 11.7 Å². The molecule has 1 aliphatic carbocycles. The summed E-state index contributed by atoms with van der Waals surface area (Å²) in [5.74, 6) is -1.28. The van der Waals surface area contributed by atoms with Gasteiger partial charge in [0, 0.05) is 48.0 Å². The number of benzene rings is 1. The molecular weight excluding hydrogens is 359 g/mol. The molecule has 26 heavy (non-hydrogen) atoms. The van der Waals surface area contributed by atoms with Gasteiger partial charge in [0.25, 0.3) is 5.91 Å². The third-order valence-corrected chi connectivity index (χ3v) is 5.17. The van der Waals surface area contributed by atoms with Crippen LogP contribution in [0, 0.1) is 11.7 Å². The van der Waals surface area contributed by atoms with E-state index in [1.807, 2.05) is 0 Å². The number of hydrogen-bond donors (Lipinski definition) is 3. The lowest BCUT2D eigenvalue weighted by Crippen LogP contribution is -2.52. The van der Waals surface area contributed by atoms with Crippen LogP contribution in [-0.4, -0.2) is 47.9 Å². The Morgan fingerprint density at radius 1 is 1.35 bits per heavy atom. The number of hydrogen-bond acceptors (Lipinski definition) is 3. The van der Waals surface area contributed by atoms with E-state index in [0.29, 0.717) is 29.8 Å². The maximum atomic E-state index is 14.5. The maximum Gasteiger partial charge on any atom is 0.271 e. The lowest BCUT2D eigenvalue weighted by Gasteiger charge is -2.34. The number of halogens is 2. The second kappa shape index (κ2) is 7.25. The molecule has 140 valence electrons. The van der Waals surface area contributed by atoms with Gasteiger partial charge in [-0.1, -0.05) is 11.6 Å². The van der Waals surface area contributed by atoms with E-state index in [1.165, 1.54) is 6.07 Å². The molecule has 0 spiro atoms. The van der Waals surface area contributed by atoms with E-state index in [0.717, 1.165) is 0 Å². The summed E-state index contributed by atoms with van der Waals surface area (Å²) >= 11 is 5.89. The van der Waals surface area contributed by atoms with Gasteiger partial charge < -0.3 is 20.9 Å². The molecule has 0 saturated heterocycles. The van der Waals surface area contributed by atoms with Crippen molar-refractivity contribution in [3.8, 4) is 0 Å². The summed E-state index contributed by atoms with van der Waals surface area (Å²) in [5, 5.41) is 3.46. The smallest absolute Gasteiger partial charge is 0.271 e. The predicted molar refractivity (Wildman–Crippen MR) is 98.5 cm³/mol. The summed E-state index contributed by atoms with van der Waals surface area (Å²) in [6.45, 7) is 0. The minimum atomic E-state index is -0.634. The number of rotatable bonds is 3. The molecule has 1 heterocycles. The van der Waals surface area contributed by atoms with Crippen LogP contribution in [0.3, 0.4) is 0 Å². The number of nitrogens with two attached hydrogens (primary N) is 1. The molecule has 3 rings (SSSR count). The van der Waals surface area contributed by atoms with Gasteiger partial charge in [-0.25, -0.2) is 4.39 Å². The van der Waals surface area contributed by atoms with Crippen LogP contribution >= 0.6 is 11.6 Å². The van der Waals surface area contributed by atoms with Crippen molar-refractivity contribution in [1.82, 2.24) is 15.2 Å². The topological polar surface area (TPSA) is 91.2 Å². The van der Waals surface area contributed by atoms with Gasteiger partial charge in [0.1, 0.15) is 5.69 Å². The lowest BCUT2D eigenvalue weighted by molar-refractivity contribution is -0.134. The Balaban J connectivity index is 1.71. The van der Waals surface area contributed by atoms with Crippen LogP contribution in [0.2, 0.25) is 5.02 Å². The molecular formula is C18H22ClFN4O2. The van der Waals surface area contributed by atoms with Crippen molar-refractivity contribution in [3.63, 3.8) is 0 Å². The molecule has 0 unspecified atom stereocenters. The van der Waals surface area contributed by atoms with Gasteiger partial charge in [-0.3, -0.25) is 9.59 Å². The number of aromatic amines is 1. The molecule has 0 radical (unpaired) electrons. The van der Waals surface area contributed by atoms with Crippen molar-refractivity contribution in [2.75, 3.05) is 14.1 Å².